The first-order valence-corrected chi connectivity index (χ1v) is 10.4. The molecule has 0 saturated carbocycles. The van der Waals surface area contributed by atoms with Gasteiger partial charge in [0.25, 0.3) is 11.6 Å². The van der Waals surface area contributed by atoms with Crippen LogP contribution in [0.1, 0.15) is 22.8 Å². The van der Waals surface area contributed by atoms with Crippen LogP contribution in [0.5, 0.6) is 0 Å². The van der Waals surface area contributed by atoms with Crippen molar-refractivity contribution in [3.8, 4) is 0 Å². The average molecular weight is 459 g/mol. The Morgan fingerprint density at radius 1 is 1.26 bits per heavy atom. The van der Waals surface area contributed by atoms with Gasteiger partial charge in [-0.05, 0) is 31.2 Å². The molecule has 0 aliphatic heterocycles. The van der Waals surface area contributed by atoms with Crippen LogP contribution < -0.4 is 0 Å². The van der Waals surface area contributed by atoms with Crippen LogP contribution in [0.2, 0.25) is 0 Å². The van der Waals surface area contributed by atoms with Crippen molar-refractivity contribution < 1.29 is 22.5 Å². The Hall–Kier alpha value is -2.33. The lowest BCUT2D eigenvalue weighted by Gasteiger charge is -2.21. The van der Waals surface area contributed by atoms with Gasteiger partial charge in [0.15, 0.2) is 9.84 Å². The molecular formula is C17H16BrFN2O5S. The summed E-state index contributed by atoms with van der Waals surface area (Å²) in [5.74, 6) is -1.13. The molecule has 2 aromatic carbocycles. The summed E-state index contributed by atoms with van der Waals surface area (Å²) < 4.78 is 38.2. The summed E-state index contributed by atoms with van der Waals surface area (Å²) in [7, 11) is -3.76. The molecule has 0 atom stereocenters. The highest BCUT2D eigenvalue weighted by molar-refractivity contribution is 9.10. The van der Waals surface area contributed by atoms with Crippen LogP contribution in [0.15, 0.2) is 45.8 Å². The molecule has 2 rings (SSSR count). The number of benzene rings is 2. The third kappa shape index (κ3) is 5.10. The van der Waals surface area contributed by atoms with Gasteiger partial charge in [0.1, 0.15) is 5.82 Å². The Morgan fingerprint density at radius 3 is 2.48 bits per heavy atom. The second kappa shape index (κ2) is 8.13. The van der Waals surface area contributed by atoms with Crippen LogP contribution in [0, 0.1) is 15.9 Å². The fourth-order valence-corrected chi connectivity index (χ4v) is 3.49. The third-order valence-corrected chi connectivity index (χ3v) is 5.40. The molecule has 10 heteroatoms. The lowest BCUT2D eigenvalue weighted by atomic mass is 10.1. The van der Waals surface area contributed by atoms with Crippen molar-refractivity contribution in [1.29, 1.82) is 0 Å². The molecule has 7 nitrogen and oxygen atoms in total. The molecule has 27 heavy (non-hydrogen) atoms. The van der Waals surface area contributed by atoms with Gasteiger partial charge in [0.05, 0.1) is 9.82 Å². The van der Waals surface area contributed by atoms with Crippen LogP contribution in [0.4, 0.5) is 10.1 Å². The first-order valence-electron chi connectivity index (χ1n) is 7.75. The van der Waals surface area contributed by atoms with E-state index in [0.29, 0.717) is 4.47 Å². The van der Waals surface area contributed by atoms with Crippen molar-refractivity contribution in [2.45, 2.75) is 18.4 Å². The molecule has 1 amide bonds. The van der Waals surface area contributed by atoms with Crippen molar-refractivity contribution in [3.63, 3.8) is 0 Å². The molecule has 0 N–H and O–H groups in total. The first kappa shape index (κ1) is 21.0. The first-order chi connectivity index (χ1) is 12.5. The second-order valence-corrected chi connectivity index (χ2v) is 8.73. The fourth-order valence-electron chi connectivity index (χ4n) is 2.41. The normalized spacial score (nSPS) is 11.3. The Kier molecular flexibility index (Phi) is 6.32. The van der Waals surface area contributed by atoms with E-state index in [4.69, 9.17) is 0 Å². The SMILES string of the molecule is CCN(Cc1cc(Br)ccc1F)C(=O)c1cc([N+](=O)[O-])cc(S(C)(=O)=O)c1. The highest BCUT2D eigenvalue weighted by Gasteiger charge is 2.22. The fraction of sp³-hybridized carbons (Fsp3) is 0.235. The van der Waals surface area contributed by atoms with Crippen LogP contribution >= 0.6 is 15.9 Å². The van der Waals surface area contributed by atoms with Gasteiger partial charge in [-0.1, -0.05) is 15.9 Å². The molecule has 0 spiro atoms. The number of sulfone groups is 1. The van der Waals surface area contributed by atoms with E-state index >= 15 is 0 Å². The molecule has 2 aromatic rings. The zero-order valence-electron chi connectivity index (χ0n) is 14.5. The monoisotopic (exact) mass is 458 g/mol. The quantitative estimate of drug-likeness (QED) is 0.486. The van der Waals surface area contributed by atoms with Gasteiger partial charge in [0, 0.05) is 47.1 Å². The number of hydrogen-bond donors (Lipinski definition) is 0. The van der Waals surface area contributed by atoms with E-state index in [1.807, 2.05) is 0 Å². The summed E-state index contributed by atoms with van der Waals surface area (Å²) in [5.41, 5.74) is -0.402. The third-order valence-electron chi connectivity index (χ3n) is 3.82. The molecule has 0 aliphatic carbocycles. The molecule has 0 aromatic heterocycles. The minimum atomic E-state index is -3.76. The largest absolute Gasteiger partial charge is 0.334 e. The summed E-state index contributed by atoms with van der Waals surface area (Å²) in [6.45, 7) is 1.79. The van der Waals surface area contributed by atoms with Gasteiger partial charge in [-0.3, -0.25) is 14.9 Å². The van der Waals surface area contributed by atoms with Gasteiger partial charge in [0.2, 0.25) is 0 Å². The summed E-state index contributed by atoms with van der Waals surface area (Å²) in [5, 5.41) is 11.1. The molecule has 0 radical (unpaired) electrons. The van der Waals surface area contributed by atoms with E-state index in [9.17, 15) is 27.7 Å². The maximum atomic E-state index is 14.0. The number of halogens is 2. The van der Waals surface area contributed by atoms with Gasteiger partial charge < -0.3 is 4.90 Å². The minimum Gasteiger partial charge on any atom is -0.334 e. The lowest BCUT2D eigenvalue weighted by Crippen LogP contribution is -2.31. The molecule has 0 unspecified atom stereocenters. The number of carbonyl (C=O) groups excluding carboxylic acids is 1. The predicted octanol–water partition coefficient (Wildman–Crippen LogP) is 3.56. The standard InChI is InChI=1S/C17H16BrFN2O5S/c1-3-20(10-12-6-13(18)4-5-16(12)19)17(22)11-7-14(21(23)24)9-15(8-11)27(2,25)26/h4-9H,3,10H2,1-2H3. The molecule has 0 aliphatic rings. The molecular weight excluding hydrogens is 443 g/mol. The van der Waals surface area contributed by atoms with E-state index in [-0.39, 0.29) is 29.1 Å². The maximum absolute atomic E-state index is 14.0. The molecule has 144 valence electrons. The second-order valence-electron chi connectivity index (χ2n) is 5.80. The smallest absolute Gasteiger partial charge is 0.271 e. The molecule has 0 heterocycles. The highest BCUT2D eigenvalue weighted by atomic mass is 79.9. The van der Waals surface area contributed by atoms with E-state index in [1.54, 1.807) is 6.92 Å². The van der Waals surface area contributed by atoms with Crippen LogP contribution in [0.3, 0.4) is 0 Å². The molecule has 0 bridgehead atoms. The van der Waals surface area contributed by atoms with E-state index in [0.717, 1.165) is 24.5 Å². The van der Waals surface area contributed by atoms with Gasteiger partial charge in [-0.15, -0.1) is 0 Å². The number of nitro groups is 1. The summed E-state index contributed by atoms with van der Waals surface area (Å²) in [6.07, 6.45) is 0.898. The predicted molar refractivity (Wildman–Crippen MR) is 101 cm³/mol. The number of rotatable bonds is 6. The van der Waals surface area contributed by atoms with Crippen molar-refractivity contribution in [1.82, 2.24) is 4.90 Å². The summed E-state index contributed by atoms with van der Waals surface area (Å²) in [4.78, 5) is 24.1. The van der Waals surface area contributed by atoms with Gasteiger partial charge >= 0.3 is 0 Å². The highest BCUT2D eigenvalue weighted by Crippen LogP contribution is 2.23. The number of nitro benzene ring substituents is 1. The van der Waals surface area contributed by atoms with Crippen LogP contribution in [0.25, 0.3) is 0 Å². The Balaban J connectivity index is 2.46. The molecule has 0 fully saturated rings. The van der Waals surface area contributed by atoms with Gasteiger partial charge in [-0.25, -0.2) is 12.8 Å². The Bertz CT molecular complexity index is 1010. The topological polar surface area (TPSA) is 97.6 Å². The van der Waals surface area contributed by atoms with E-state index in [2.05, 4.69) is 15.9 Å². The Labute approximate surface area is 164 Å². The van der Waals surface area contributed by atoms with Gasteiger partial charge in [-0.2, -0.15) is 0 Å². The summed E-state index contributed by atoms with van der Waals surface area (Å²) >= 11 is 3.24. The van der Waals surface area contributed by atoms with Crippen molar-refractivity contribution >= 4 is 37.4 Å². The number of non-ortho nitro benzene ring substituents is 1. The van der Waals surface area contributed by atoms with E-state index in [1.165, 1.54) is 23.1 Å². The van der Waals surface area contributed by atoms with Crippen molar-refractivity contribution in [2.24, 2.45) is 0 Å². The van der Waals surface area contributed by atoms with Crippen LogP contribution in [-0.4, -0.2) is 36.9 Å². The number of amides is 1. The zero-order valence-corrected chi connectivity index (χ0v) is 16.9. The van der Waals surface area contributed by atoms with Crippen molar-refractivity contribution in [2.75, 3.05) is 12.8 Å². The average Bonchev–Trinajstić information content (AvgIpc) is 2.60. The van der Waals surface area contributed by atoms with E-state index < -0.39 is 32.2 Å². The number of carbonyl (C=O) groups is 1. The van der Waals surface area contributed by atoms with Crippen LogP contribution in [-0.2, 0) is 16.4 Å². The summed E-state index contributed by atoms with van der Waals surface area (Å²) in [6, 6.07) is 7.31. The zero-order chi connectivity index (χ0) is 20.4. The minimum absolute atomic E-state index is 0.0719. The number of hydrogen-bond acceptors (Lipinski definition) is 5. The number of nitrogens with zero attached hydrogens (tertiary/aromatic N) is 2. The Morgan fingerprint density at radius 2 is 1.93 bits per heavy atom. The lowest BCUT2D eigenvalue weighted by molar-refractivity contribution is -0.385. The molecule has 0 saturated heterocycles. The maximum Gasteiger partial charge on any atom is 0.271 e. The van der Waals surface area contributed by atoms with Crippen molar-refractivity contribution in [3.05, 3.63) is 67.9 Å².